The quantitative estimate of drug-likeness (QED) is 0.605. The number of aromatic nitrogens is 1. The third-order valence-electron chi connectivity index (χ3n) is 1.77. The van der Waals surface area contributed by atoms with Gasteiger partial charge in [-0.3, -0.25) is 9.78 Å². The standard InChI is InChI=1S/C8H12N4O3S/c9-7-5-11-2-1-6(7)8(13)12-3-4-16(10,14)15/h1-2,5H,3-4,9H2,(H,12,13)(H2,10,14,15). The number of hydrogen-bond acceptors (Lipinski definition) is 5. The second-order valence-electron chi connectivity index (χ2n) is 3.09. The number of nitrogen functional groups attached to an aromatic ring is 1. The second kappa shape index (κ2) is 4.90. The van der Waals surface area contributed by atoms with E-state index in [1.165, 1.54) is 18.5 Å². The van der Waals surface area contributed by atoms with Gasteiger partial charge in [0.25, 0.3) is 5.91 Å². The molecule has 0 atom stereocenters. The number of carbonyl (C=O) groups excluding carboxylic acids is 1. The fraction of sp³-hybridized carbons (Fsp3) is 0.250. The van der Waals surface area contributed by atoms with Crippen LogP contribution >= 0.6 is 0 Å². The molecule has 16 heavy (non-hydrogen) atoms. The maximum absolute atomic E-state index is 11.5. The molecular weight excluding hydrogens is 232 g/mol. The topological polar surface area (TPSA) is 128 Å². The van der Waals surface area contributed by atoms with E-state index < -0.39 is 15.9 Å². The van der Waals surface area contributed by atoms with Crippen LogP contribution < -0.4 is 16.2 Å². The van der Waals surface area contributed by atoms with E-state index in [-0.39, 0.29) is 23.5 Å². The number of primary sulfonamides is 1. The minimum Gasteiger partial charge on any atom is -0.397 e. The molecule has 1 amide bonds. The van der Waals surface area contributed by atoms with Crippen LogP contribution in [0.2, 0.25) is 0 Å². The predicted octanol–water partition coefficient (Wildman–Crippen LogP) is -1.32. The number of anilines is 1. The number of hydrogen-bond donors (Lipinski definition) is 3. The van der Waals surface area contributed by atoms with E-state index in [0.717, 1.165) is 0 Å². The summed E-state index contributed by atoms with van der Waals surface area (Å²) >= 11 is 0. The molecule has 0 aliphatic carbocycles. The van der Waals surface area contributed by atoms with Gasteiger partial charge in [-0.2, -0.15) is 0 Å². The average Bonchev–Trinajstić information content (AvgIpc) is 2.16. The van der Waals surface area contributed by atoms with E-state index in [2.05, 4.69) is 10.3 Å². The summed E-state index contributed by atoms with van der Waals surface area (Å²) in [4.78, 5) is 15.2. The lowest BCUT2D eigenvalue weighted by atomic mass is 10.2. The van der Waals surface area contributed by atoms with Crippen LogP contribution in [-0.2, 0) is 10.0 Å². The minimum absolute atomic E-state index is 0.0561. The van der Waals surface area contributed by atoms with Crippen LogP contribution in [-0.4, -0.2) is 31.6 Å². The molecule has 0 radical (unpaired) electrons. The van der Waals surface area contributed by atoms with Crippen LogP contribution in [0, 0.1) is 0 Å². The molecule has 0 fully saturated rings. The van der Waals surface area contributed by atoms with E-state index in [4.69, 9.17) is 10.9 Å². The average molecular weight is 244 g/mol. The van der Waals surface area contributed by atoms with Crippen LogP contribution in [0.1, 0.15) is 10.4 Å². The third-order valence-corrected chi connectivity index (χ3v) is 2.54. The molecule has 0 aliphatic rings. The van der Waals surface area contributed by atoms with Gasteiger partial charge in [0.2, 0.25) is 10.0 Å². The van der Waals surface area contributed by atoms with Crippen molar-refractivity contribution in [2.24, 2.45) is 5.14 Å². The molecule has 1 aromatic heterocycles. The molecule has 0 aliphatic heterocycles. The second-order valence-corrected chi connectivity index (χ2v) is 4.82. The molecule has 0 bridgehead atoms. The molecular formula is C8H12N4O3S. The summed E-state index contributed by atoms with van der Waals surface area (Å²) in [6.45, 7) is -0.0561. The van der Waals surface area contributed by atoms with E-state index in [9.17, 15) is 13.2 Å². The molecule has 8 heteroatoms. The van der Waals surface area contributed by atoms with Gasteiger partial charge in [0.15, 0.2) is 0 Å². The zero-order valence-corrected chi connectivity index (χ0v) is 9.20. The molecule has 7 nitrogen and oxygen atoms in total. The maximum atomic E-state index is 11.5. The Kier molecular flexibility index (Phi) is 3.80. The Morgan fingerprint density at radius 1 is 1.50 bits per heavy atom. The Labute approximate surface area is 92.9 Å². The first-order chi connectivity index (χ1) is 7.40. The van der Waals surface area contributed by atoms with E-state index in [0.29, 0.717) is 0 Å². The smallest absolute Gasteiger partial charge is 0.253 e. The Morgan fingerprint density at radius 3 is 2.75 bits per heavy atom. The van der Waals surface area contributed by atoms with Crippen LogP contribution in [0.25, 0.3) is 0 Å². The van der Waals surface area contributed by atoms with Crippen molar-refractivity contribution in [1.82, 2.24) is 10.3 Å². The van der Waals surface area contributed by atoms with Gasteiger partial charge in [-0.1, -0.05) is 0 Å². The van der Waals surface area contributed by atoms with Crippen molar-refractivity contribution in [3.05, 3.63) is 24.0 Å². The van der Waals surface area contributed by atoms with Gasteiger partial charge in [-0.05, 0) is 6.07 Å². The maximum Gasteiger partial charge on any atom is 0.253 e. The highest BCUT2D eigenvalue weighted by atomic mass is 32.2. The summed E-state index contributed by atoms with van der Waals surface area (Å²) in [6.07, 6.45) is 2.76. The van der Waals surface area contributed by atoms with Gasteiger partial charge in [0.1, 0.15) is 0 Å². The third kappa shape index (κ3) is 3.83. The van der Waals surface area contributed by atoms with Crippen molar-refractivity contribution in [2.45, 2.75) is 0 Å². The Bertz CT molecular complexity index is 486. The van der Waals surface area contributed by atoms with Gasteiger partial charge >= 0.3 is 0 Å². The molecule has 0 saturated carbocycles. The molecule has 1 rings (SSSR count). The summed E-state index contributed by atoms with van der Waals surface area (Å²) in [5.74, 6) is -0.771. The normalized spacial score (nSPS) is 11.1. The van der Waals surface area contributed by atoms with Gasteiger partial charge in [-0.25, -0.2) is 13.6 Å². The van der Waals surface area contributed by atoms with Crippen molar-refractivity contribution in [3.63, 3.8) is 0 Å². The Hall–Kier alpha value is -1.67. The number of nitrogens with one attached hydrogen (secondary N) is 1. The number of pyridine rings is 1. The molecule has 1 heterocycles. The van der Waals surface area contributed by atoms with Gasteiger partial charge in [-0.15, -0.1) is 0 Å². The number of sulfonamides is 1. The number of amides is 1. The van der Waals surface area contributed by atoms with Gasteiger partial charge < -0.3 is 11.1 Å². The highest BCUT2D eigenvalue weighted by molar-refractivity contribution is 7.89. The van der Waals surface area contributed by atoms with E-state index in [1.807, 2.05) is 0 Å². The van der Waals surface area contributed by atoms with Crippen molar-refractivity contribution < 1.29 is 13.2 Å². The number of carbonyl (C=O) groups is 1. The summed E-state index contributed by atoms with van der Waals surface area (Å²) in [6, 6.07) is 1.45. The van der Waals surface area contributed by atoms with Gasteiger partial charge in [0.05, 0.1) is 23.2 Å². The van der Waals surface area contributed by atoms with E-state index >= 15 is 0 Å². The molecule has 5 N–H and O–H groups in total. The highest BCUT2D eigenvalue weighted by Crippen LogP contribution is 2.07. The lowest BCUT2D eigenvalue weighted by Gasteiger charge is -2.05. The number of rotatable bonds is 4. The van der Waals surface area contributed by atoms with Crippen molar-refractivity contribution >= 4 is 21.6 Å². The first-order valence-corrected chi connectivity index (χ1v) is 6.10. The fourth-order valence-corrected chi connectivity index (χ4v) is 1.40. The van der Waals surface area contributed by atoms with Crippen LogP contribution in [0.3, 0.4) is 0 Å². The number of nitrogens with zero attached hydrogens (tertiary/aromatic N) is 1. The van der Waals surface area contributed by atoms with Crippen molar-refractivity contribution in [1.29, 1.82) is 0 Å². The van der Waals surface area contributed by atoms with E-state index in [1.54, 1.807) is 0 Å². The molecule has 0 unspecified atom stereocenters. The van der Waals surface area contributed by atoms with Gasteiger partial charge in [0, 0.05) is 12.7 Å². The predicted molar refractivity (Wildman–Crippen MR) is 59.0 cm³/mol. The first kappa shape index (κ1) is 12.4. The lowest BCUT2D eigenvalue weighted by Crippen LogP contribution is -2.31. The van der Waals surface area contributed by atoms with Crippen molar-refractivity contribution in [2.75, 3.05) is 18.0 Å². The Morgan fingerprint density at radius 2 is 2.19 bits per heavy atom. The number of nitrogens with two attached hydrogens (primary N) is 2. The monoisotopic (exact) mass is 244 g/mol. The summed E-state index contributed by atoms with van der Waals surface area (Å²) in [7, 11) is -3.57. The minimum atomic E-state index is -3.57. The largest absolute Gasteiger partial charge is 0.397 e. The van der Waals surface area contributed by atoms with Crippen LogP contribution in [0.5, 0.6) is 0 Å². The molecule has 0 saturated heterocycles. The first-order valence-electron chi connectivity index (χ1n) is 4.38. The summed E-state index contributed by atoms with van der Waals surface area (Å²) in [5.41, 5.74) is 6.00. The fourth-order valence-electron chi connectivity index (χ4n) is 1.02. The lowest BCUT2D eigenvalue weighted by molar-refractivity contribution is 0.0957. The zero-order chi connectivity index (χ0) is 12.2. The van der Waals surface area contributed by atoms with Crippen LogP contribution in [0.15, 0.2) is 18.5 Å². The SMILES string of the molecule is Nc1cnccc1C(=O)NCCS(N)(=O)=O. The van der Waals surface area contributed by atoms with Crippen molar-refractivity contribution in [3.8, 4) is 0 Å². The molecule has 88 valence electrons. The molecule has 1 aromatic rings. The highest BCUT2D eigenvalue weighted by Gasteiger charge is 2.09. The molecule has 0 aromatic carbocycles. The Balaban J connectivity index is 2.57. The zero-order valence-electron chi connectivity index (χ0n) is 8.38. The molecule has 0 spiro atoms. The summed E-state index contributed by atoms with van der Waals surface area (Å²) in [5, 5.41) is 7.17. The summed E-state index contributed by atoms with van der Waals surface area (Å²) < 4.78 is 21.2. The van der Waals surface area contributed by atoms with Crippen LogP contribution in [0.4, 0.5) is 5.69 Å².